The second kappa shape index (κ2) is 4.83. The van der Waals surface area contributed by atoms with E-state index in [1.165, 1.54) is 12.1 Å². The molecule has 1 aromatic rings. The summed E-state index contributed by atoms with van der Waals surface area (Å²) in [5.74, 6) is 0.0726. The lowest BCUT2D eigenvalue weighted by Crippen LogP contribution is -1.95. The smallest absolute Gasteiger partial charge is 0.128 e. The Morgan fingerprint density at radius 2 is 2.23 bits per heavy atom. The topological polar surface area (TPSA) is 33.0 Å². The molecule has 0 aliphatic heterocycles. The van der Waals surface area contributed by atoms with Crippen LogP contribution in [0.4, 0.5) is 4.39 Å². The van der Waals surface area contributed by atoms with E-state index in [-0.39, 0.29) is 12.4 Å². The average Bonchev–Trinajstić information content (AvgIpc) is 2.03. The lowest BCUT2D eigenvalue weighted by Gasteiger charge is -2.03. The number of halogens is 2. The maximum atomic E-state index is 12.8. The lowest BCUT2D eigenvalue weighted by atomic mass is 10.3. The normalized spacial score (nSPS) is 9.31. The predicted octanol–water partition coefficient (Wildman–Crippen LogP) is 2.88. The van der Waals surface area contributed by atoms with E-state index >= 15 is 0 Å². The van der Waals surface area contributed by atoms with Gasteiger partial charge in [0.1, 0.15) is 18.2 Å². The number of rotatable bonds is 3. The van der Waals surface area contributed by atoms with Crippen molar-refractivity contribution < 1.29 is 9.13 Å². The van der Waals surface area contributed by atoms with Crippen LogP contribution in [0.5, 0.6) is 5.75 Å². The van der Waals surface area contributed by atoms with Gasteiger partial charge in [-0.3, -0.25) is 0 Å². The monoisotopic (exact) mass is 243 g/mol. The molecule has 13 heavy (non-hydrogen) atoms. The molecule has 0 spiro atoms. The molecule has 0 heterocycles. The van der Waals surface area contributed by atoms with E-state index in [4.69, 9.17) is 10.00 Å². The van der Waals surface area contributed by atoms with Crippen LogP contribution in [-0.4, -0.2) is 6.61 Å². The van der Waals surface area contributed by atoms with Gasteiger partial charge in [-0.15, -0.1) is 0 Å². The summed E-state index contributed by atoms with van der Waals surface area (Å²) >= 11 is 3.14. The lowest BCUT2D eigenvalue weighted by molar-refractivity contribution is 0.324. The molecule has 0 radical (unpaired) electrons. The summed E-state index contributed by atoms with van der Waals surface area (Å²) in [5, 5.41) is 8.24. The number of nitrogens with zero attached hydrogens (tertiary/aromatic N) is 1. The zero-order chi connectivity index (χ0) is 9.68. The minimum absolute atomic E-state index is 0.284. The first-order valence-electron chi connectivity index (χ1n) is 3.68. The number of ether oxygens (including phenoxy) is 1. The highest BCUT2D eigenvalue weighted by Crippen LogP contribution is 2.20. The fraction of sp³-hybridized carbons (Fsp3) is 0.222. The molecule has 68 valence electrons. The third-order valence-corrected chi connectivity index (χ3v) is 1.78. The third kappa shape index (κ3) is 3.43. The van der Waals surface area contributed by atoms with Gasteiger partial charge in [-0.05, 0) is 12.1 Å². The Balaban J connectivity index is 2.62. The van der Waals surface area contributed by atoms with Crippen molar-refractivity contribution in [2.45, 2.75) is 6.42 Å². The fourth-order valence-electron chi connectivity index (χ4n) is 0.826. The van der Waals surface area contributed by atoms with E-state index in [2.05, 4.69) is 15.9 Å². The zero-order valence-electron chi connectivity index (χ0n) is 6.76. The van der Waals surface area contributed by atoms with Crippen LogP contribution in [-0.2, 0) is 0 Å². The molecule has 0 unspecified atom stereocenters. The van der Waals surface area contributed by atoms with Gasteiger partial charge in [0.2, 0.25) is 0 Å². The van der Waals surface area contributed by atoms with Crippen LogP contribution < -0.4 is 4.74 Å². The van der Waals surface area contributed by atoms with Gasteiger partial charge in [-0.2, -0.15) is 5.26 Å². The van der Waals surface area contributed by atoms with Crippen molar-refractivity contribution in [3.8, 4) is 11.8 Å². The Morgan fingerprint density at radius 1 is 1.46 bits per heavy atom. The first-order chi connectivity index (χ1) is 6.22. The standard InChI is InChI=1S/C9H7BrFNO/c10-7-4-8(11)6-9(5-7)13-3-1-2-12/h4-6H,1,3H2. The summed E-state index contributed by atoms with van der Waals surface area (Å²) in [7, 11) is 0. The molecular formula is C9H7BrFNO. The highest BCUT2D eigenvalue weighted by molar-refractivity contribution is 9.10. The van der Waals surface area contributed by atoms with Crippen LogP contribution in [0.1, 0.15) is 6.42 Å². The van der Waals surface area contributed by atoms with E-state index < -0.39 is 0 Å². The molecule has 0 saturated heterocycles. The summed E-state index contributed by atoms with van der Waals surface area (Å²) in [5.41, 5.74) is 0. The van der Waals surface area contributed by atoms with Crippen LogP contribution in [0, 0.1) is 17.1 Å². The van der Waals surface area contributed by atoms with Gasteiger partial charge in [0.15, 0.2) is 0 Å². The molecule has 0 amide bonds. The molecule has 0 aliphatic rings. The molecular weight excluding hydrogens is 237 g/mol. The molecule has 0 aliphatic carbocycles. The van der Waals surface area contributed by atoms with Crippen LogP contribution in [0.3, 0.4) is 0 Å². The van der Waals surface area contributed by atoms with E-state index in [1.807, 2.05) is 6.07 Å². The van der Waals surface area contributed by atoms with Gasteiger partial charge in [-0.1, -0.05) is 15.9 Å². The second-order valence-corrected chi connectivity index (χ2v) is 3.28. The predicted molar refractivity (Wildman–Crippen MR) is 49.8 cm³/mol. The Morgan fingerprint density at radius 3 is 2.85 bits per heavy atom. The molecule has 0 aromatic heterocycles. The molecule has 0 saturated carbocycles. The van der Waals surface area contributed by atoms with Crippen LogP contribution in [0.25, 0.3) is 0 Å². The van der Waals surface area contributed by atoms with Gasteiger partial charge in [0.25, 0.3) is 0 Å². The van der Waals surface area contributed by atoms with Crippen molar-refractivity contribution in [3.63, 3.8) is 0 Å². The van der Waals surface area contributed by atoms with Crippen molar-refractivity contribution >= 4 is 15.9 Å². The van der Waals surface area contributed by atoms with Crippen molar-refractivity contribution in [3.05, 3.63) is 28.5 Å². The minimum atomic E-state index is -0.360. The molecule has 0 N–H and O–H groups in total. The van der Waals surface area contributed by atoms with Crippen LogP contribution >= 0.6 is 15.9 Å². The van der Waals surface area contributed by atoms with E-state index in [1.54, 1.807) is 6.07 Å². The number of benzene rings is 1. The summed E-state index contributed by atoms with van der Waals surface area (Å²) in [6.07, 6.45) is 0.300. The Hall–Kier alpha value is -1.08. The highest BCUT2D eigenvalue weighted by atomic mass is 79.9. The Bertz CT molecular complexity index is 315. The number of hydrogen-bond acceptors (Lipinski definition) is 2. The van der Waals surface area contributed by atoms with Gasteiger partial charge >= 0.3 is 0 Å². The maximum Gasteiger partial charge on any atom is 0.128 e. The van der Waals surface area contributed by atoms with Gasteiger partial charge < -0.3 is 4.74 Å². The molecule has 1 aromatic carbocycles. The van der Waals surface area contributed by atoms with Crippen LogP contribution in [0.2, 0.25) is 0 Å². The summed E-state index contributed by atoms with van der Waals surface area (Å²) in [4.78, 5) is 0. The second-order valence-electron chi connectivity index (χ2n) is 2.36. The molecule has 0 bridgehead atoms. The van der Waals surface area contributed by atoms with E-state index in [0.717, 1.165) is 0 Å². The summed E-state index contributed by atoms with van der Waals surface area (Å²) in [6, 6.07) is 6.21. The van der Waals surface area contributed by atoms with Gasteiger partial charge in [0.05, 0.1) is 12.5 Å². The molecule has 1 rings (SSSR count). The molecule has 2 nitrogen and oxygen atoms in total. The molecule has 4 heteroatoms. The largest absolute Gasteiger partial charge is 0.492 e. The maximum absolute atomic E-state index is 12.8. The van der Waals surface area contributed by atoms with Crippen molar-refractivity contribution in [1.29, 1.82) is 5.26 Å². The van der Waals surface area contributed by atoms with Crippen molar-refractivity contribution in [1.82, 2.24) is 0 Å². The Labute approximate surface area is 84.1 Å². The summed E-state index contributed by atoms with van der Waals surface area (Å²) in [6.45, 7) is 0.284. The highest BCUT2D eigenvalue weighted by Gasteiger charge is 1.99. The van der Waals surface area contributed by atoms with E-state index in [0.29, 0.717) is 16.6 Å². The number of hydrogen-bond donors (Lipinski definition) is 0. The minimum Gasteiger partial charge on any atom is -0.492 e. The first kappa shape index (κ1) is 10.0. The molecule has 0 atom stereocenters. The number of nitriles is 1. The van der Waals surface area contributed by atoms with Gasteiger partial charge in [-0.25, -0.2) is 4.39 Å². The van der Waals surface area contributed by atoms with E-state index in [9.17, 15) is 4.39 Å². The Kier molecular flexibility index (Phi) is 3.71. The van der Waals surface area contributed by atoms with Crippen molar-refractivity contribution in [2.24, 2.45) is 0 Å². The average molecular weight is 244 g/mol. The zero-order valence-corrected chi connectivity index (χ0v) is 8.34. The fourth-order valence-corrected chi connectivity index (χ4v) is 1.27. The third-order valence-electron chi connectivity index (χ3n) is 1.32. The first-order valence-corrected chi connectivity index (χ1v) is 4.47. The van der Waals surface area contributed by atoms with Crippen LogP contribution in [0.15, 0.2) is 22.7 Å². The molecule has 0 fully saturated rings. The quantitative estimate of drug-likeness (QED) is 0.766. The SMILES string of the molecule is N#CCCOc1cc(F)cc(Br)c1. The van der Waals surface area contributed by atoms with Crippen molar-refractivity contribution in [2.75, 3.05) is 6.61 Å². The van der Waals surface area contributed by atoms with Gasteiger partial charge in [0, 0.05) is 10.5 Å². The summed E-state index contributed by atoms with van der Waals surface area (Å²) < 4.78 is 18.5.